The van der Waals surface area contributed by atoms with E-state index in [2.05, 4.69) is 5.32 Å². The lowest BCUT2D eigenvalue weighted by atomic mass is 10.1. The number of carbonyl (C=O) groups is 2. The summed E-state index contributed by atoms with van der Waals surface area (Å²) in [5.74, 6) is -1.22. The summed E-state index contributed by atoms with van der Waals surface area (Å²) in [5, 5.41) is 19.9. The Morgan fingerprint density at radius 3 is 2.35 bits per heavy atom. The number of carbonyl (C=O) groups excluding carboxylic acids is 1. The second-order valence-corrected chi connectivity index (χ2v) is 4.78. The Morgan fingerprint density at radius 2 is 1.88 bits per heavy atom. The topological polar surface area (TPSA) is 95.9 Å². The number of hydrogen-bond donors (Lipinski definition) is 3. The number of rotatable bonds is 6. The lowest BCUT2D eigenvalue weighted by molar-refractivity contribution is -0.146. The largest absolute Gasteiger partial charge is 0.479 e. The van der Waals surface area contributed by atoms with Crippen molar-refractivity contribution < 1.29 is 24.5 Å². The third-order valence-electron chi connectivity index (χ3n) is 1.86. The summed E-state index contributed by atoms with van der Waals surface area (Å²) < 4.78 is 5.01. The predicted molar refractivity (Wildman–Crippen MR) is 61.7 cm³/mol. The Bertz CT molecular complexity index is 259. The van der Waals surface area contributed by atoms with Gasteiger partial charge in [-0.15, -0.1) is 0 Å². The number of ether oxygens (including phenoxy) is 1. The Kier molecular flexibility index (Phi) is 6.57. The lowest BCUT2D eigenvalue weighted by Crippen LogP contribution is -2.33. The molecule has 17 heavy (non-hydrogen) atoms. The quantitative estimate of drug-likeness (QED) is 0.611. The van der Waals surface area contributed by atoms with Crippen molar-refractivity contribution in [2.45, 2.75) is 51.7 Å². The van der Waals surface area contributed by atoms with Crippen LogP contribution in [0.1, 0.15) is 40.0 Å². The molecule has 0 fully saturated rings. The van der Waals surface area contributed by atoms with Crippen molar-refractivity contribution in [3.8, 4) is 0 Å². The Balaban J connectivity index is 3.52. The highest BCUT2D eigenvalue weighted by Crippen LogP contribution is 2.06. The van der Waals surface area contributed by atoms with E-state index in [-0.39, 0.29) is 6.42 Å². The fourth-order valence-electron chi connectivity index (χ4n) is 1.09. The van der Waals surface area contributed by atoms with Crippen LogP contribution in [0.15, 0.2) is 0 Å². The van der Waals surface area contributed by atoms with Crippen molar-refractivity contribution in [1.82, 2.24) is 5.32 Å². The fraction of sp³-hybridized carbons (Fsp3) is 0.818. The number of aliphatic carboxylic acids is 1. The van der Waals surface area contributed by atoms with Crippen LogP contribution in [-0.2, 0) is 9.53 Å². The first-order chi connectivity index (χ1) is 7.72. The summed E-state index contributed by atoms with van der Waals surface area (Å²) in [6, 6.07) is 0. The van der Waals surface area contributed by atoms with Gasteiger partial charge in [0.2, 0.25) is 0 Å². The molecule has 1 amide bonds. The van der Waals surface area contributed by atoms with E-state index in [1.54, 1.807) is 20.8 Å². The van der Waals surface area contributed by atoms with Gasteiger partial charge in [0.25, 0.3) is 0 Å². The van der Waals surface area contributed by atoms with Crippen LogP contribution in [0.4, 0.5) is 4.79 Å². The Morgan fingerprint density at radius 1 is 1.29 bits per heavy atom. The molecular weight excluding hydrogens is 226 g/mol. The first-order valence-corrected chi connectivity index (χ1v) is 5.60. The zero-order chi connectivity index (χ0) is 13.5. The molecule has 0 saturated carbocycles. The van der Waals surface area contributed by atoms with Gasteiger partial charge in [-0.1, -0.05) is 0 Å². The normalized spacial score (nSPS) is 12.9. The molecule has 0 heterocycles. The van der Waals surface area contributed by atoms with Crippen molar-refractivity contribution in [3.05, 3.63) is 0 Å². The van der Waals surface area contributed by atoms with E-state index in [9.17, 15) is 9.59 Å². The average Bonchev–Trinajstić information content (AvgIpc) is 2.13. The van der Waals surface area contributed by atoms with Crippen LogP contribution >= 0.6 is 0 Å². The van der Waals surface area contributed by atoms with Gasteiger partial charge in [-0.25, -0.2) is 9.59 Å². The van der Waals surface area contributed by atoms with Gasteiger partial charge < -0.3 is 20.3 Å². The molecule has 0 bridgehead atoms. The van der Waals surface area contributed by atoms with Crippen LogP contribution in [0, 0.1) is 0 Å². The summed E-state index contributed by atoms with van der Waals surface area (Å²) in [6.07, 6.45) is -0.495. The van der Waals surface area contributed by atoms with E-state index in [1.165, 1.54) is 0 Å². The van der Waals surface area contributed by atoms with Crippen molar-refractivity contribution in [2.24, 2.45) is 0 Å². The lowest BCUT2D eigenvalue weighted by Gasteiger charge is -2.19. The van der Waals surface area contributed by atoms with Crippen molar-refractivity contribution in [1.29, 1.82) is 0 Å². The highest BCUT2D eigenvalue weighted by atomic mass is 16.6. The molecule has 0 aromatic rings. The maximum Gasteiger partial charge on any atom is 0.407 e. The number of hydrogen-bond acceptors (Lipinski definition) is 4. The van der Waals surface area contributed by atoms with Crippen LogP contribution in [0.25, 0.3) is 0 Å². The molecule has 0 rings (SSSR count). The molecular formula is C11H21NO5. The molecule has 3 N–H and O–H groups in total. The number of aliphatic hydroxyl groups excluding tert-OH is 1. The van der Waals surface area contributed by atoms with Crippen LogP contribution in [0.2, 0.25) is 0 Å². The molecule has 6 nitrogen and oxygen atoms in total. The zero-order valence-electron chi connectivity index (χ0n) is 10.5. The third kappa shape index (κ3) is 9.62. The van der Waals surface area contributed by atoms with E-state index in [0.717, 1.165) is 0 Å². The van der Waals surface area contributed by atoms with E-state index in [1.807, 2.05) is 0 Å². The van der Waals surface area contributed by atoms with Crippen LogP contribution in [-0.4, -0.2) is 40.5 Å². The summed E-state index contributed by atoms with van der Waals surface area (Å²) in [7, 11) is 0. The first-order valence-electron chi connectivity index (χ1n) is 5.60. The molecule has 0 radical (unpaired) electrons. The van der Waals surface area contributed by atoms with Crippen LogP contribution in [0.5, 0.6) is 0 Å². The summed E-state index contributed by atoms with van der Waals surface area (Å²) >= 11 is 0. The number of aliphatic hydroxyl groups is 1. The van der Waals surface area contributed by atoms with Crippen molar-refractivity contribution in [3.63, 3.8) is 0 Å². The molecule has 0 aliphatic rings. The minimum atomic E-state index is -1.32. The highest BCUT2D eigenvalue weighted by molar-refractivity contribution is 5.71. The standard InChI is InChI=1S/C11H21NO5/c1-11(2,3)17-10(16)12-7-5-4-6-8(13)9(14)15/h8,13H,4-7H2,1-3H3,(H,12,16)(H,14,15)/t8-/m1/s1. The molecule has 0 aliphatic heterocycles. The van der Waals surface area contributed by atoms with E-state index >= 15 is 0 Å². The molecule has 1 atom stereocenters. The van der Waals surface area contributed by atoms with Crippen molar-refractivity contribution >= 4 is 12.1 Å². The minimum Gasteiger partial charge on any atom is -0.479 e. The summed E-state index contributed by atoms with van der Waals surface area (Å²) in [4.78, 5) is 21.5. The molecule has 0 saturated heterocycles. The molecule has 0 aromatic heterocycles. The first kappa shape index (κ1) is 15.7. The van der Waals surface area contributed by atoms with Gasteiger partial charge in [-0.2, -0.15) is 0 Å². The molecule has 6 heteroatoms. The Labute approximate surface area is 101 Å². The Hall–Kier alpha value is -1.30. The van der Waals surface area contributed by atoms with Gasteiger partial charge in [0.15, 0.2) is 6.10 Å². The number of carboxylic acid groups (broad SMARTS) is 1. The maximum absolute atomic E-state index is 11.2. The average molecular weight is 247 g/mol. The zero-order valence-corrected chi connectivity index (χ0v) is 10.5. The smallest absolute Gasteiger partial charge is 0.407 e. The number of amides is 1. The van der Waals surface area contributed by atoms with Gasteiger partial charge in [0, 0.05) is 6.54 Å². The maximum atomic E-state index is 11.2. The van der Waals surface area contributed by atoms with Gasteiger partial charge in [-0.3, -0.25) is 0 Å². The number of nitrogens with one attached hydrogen (secondary N) is 1. The molecule has 100 valence electrons. The number of carboxylic acids is 1. The van der Waals surface area contributed by atoms with Crippen LogP contribution in [0.3, 0.4) is 0 Å². The predicted octanol–water partition coefficient (Wildman–Crippen LogP) is 1.13. The minimum absolute atomic E-state index is 0.186. The van der Waals surface area contributed by atoms with Gasteiger partial charge >= 0.3 is 12.1 Å². The fourth-order valence-corrected chi connectivity index (χ4v) is 1.09. The van der Waals surface area contributed by atoms with Gasteiger partial charge in [0.05, 0.1) is 0 Å². The second-order valence-electron chi connectivity index (χ2n) is 4.78. The van der Waals surface area contributed by atoms with Gasteiger partial charge in [0.1, 0.15) is 5.60 Å². The van der Waals surface area contributed by atoms with E-state index in [0.29, 0.717) is 19.4 Å². The second kappa shape index (κ2) is 7.11. The van der Waals surface area contributed by atoms with E-state index in [4.69, 9.17) is 14.9 Å². The highest BCUT2D eigenvalue weighted by Gasteiger charge is 2.15. The van der Waals surface area contributed by atoms with Gasteiger partial charge in [-0.05, 0) is 40.0 Å². The monoisotopic (exact) mass is 247 g/mol. The van der Waals surface area contributed by atoms with Crippen molar-refractivity contribution in [2.75, 3.05) is 6.54 Å². The summed E-state index contributed by atoms with van der Waals surface area (Å²) in [6.45, 7) is 5.72. The number of unbranched alkanes of at least 4 members (excludes halogenated alkanes) is 1. The van der Waals surface area contributed by atoms with E-state index < -0.39 is 23.8 Å². The molecule has 0 aliphatic carbocycles. The van der Waals surface area contributed by atoms with Crippen LogP contribution < -0.4 is 5.32 Å². The molecule has 0 aromatic carbocycles. The summed E-state index contributed by atoms with van der Waals surface area (Å²) in [5.41, 5.74) is -0.524. The third-order valence-corrected chi connectivity index (χ3v) is 1.86. The SMILES string of the molecule is CC(C)(C)OC(=O)NCCCC[C@@H](O)C(=O)O. The number of alkyl carbamates (subject to hydrolysis) is 1. The molecule has 0 unspecified atom stereocenters. The molecule has 0 spiro atoms.